The lowest BCUT2D eigenvalue weighted by atomic mass is 9.86. The molecule has 4 heteroatoms. The van der Waals surface area contributed by atoms with Gasteiger partial charge >= 0.3 is 0 Å². The molecule has 2 amide bonds. The molecule has 3 rings (SSSR count). The Morgan fingerprint density at radius 2 is 1.83 bits per heavy atom. The molecular formula is C19H18BrNO2. The third kappa shape index (κ3) is 2.95. The minimum atomic E-state index is -0.307. The molecule has 0 radical (unpaired) electrons. The Labute approximate surface area is 144 Å². The Morgan fingerprint density at radius 3 is 2.48 bits per heavy atom. The van der Waals surface area contributed by atoms with Crippen molar-refractivity contribution < 1.29 is 9.59 Å². The zero-order valence-electron chi connectivity index (χ0n) is 13.1. The van der Waals surface area contributed by atoms with E-state index in [1.807, 2.05) is 62.4 Å². The van der Waals surface area contributed by atoms with Crippen molar-refractivity contribution >= 4 is 33.4 Å². The largest absolute Gasteiger partial charge is 0.274 e. The van der Waals surface area contributed by atoms with E-state index in [9.17, 15) is 9.59 Å². The number of carbonyl (C=O) groups excluding carboxylic acids is 2. The van der Waals surface area contributed by atoms with Crippen LogP contribution in [0.25, 0.3) is 0 Å². The van der Waals surface area contributed by atoms with Crippen LogP contribution in [0.3, 0.4) is 0 Å². The van der Waals surface area contributed by atoms with Crippen LogP contribution in [0.1, 0.15) is 30.4 Å². The van der Waals surface area contributed by atoms with Crippen LogP contribution in [0.4, 0.5) is 5.69 Å². The second-order valence-electron chi connectivity index (χ2n) is 6.03. The van der Waals surface area contributed by atoms with E-state index >= 15 is 0 Å². The highest BCUT2D eigenvalue weighted by molar-refractivity contribution is 9.10. The standard InChI is InChI=1S/C19H18BrNO2/c1-12-8-9-17(16(20)10-12)21-18(22)11-15(19(21)23)13(2)14-6-4-3-5-7-14/h3-10,13,15H,11H2,1-2H3/t13-,15+/m1/s1. The molecule has 1 saturated heterocycles. The van der Waals surface area contributed by atoms with Gasteiger partial charge in [0.15, 0.2) is 0 Å². The second-order valence-corrected chi connectivity index (χ2v) is 6.89. The fourth-order valence-electron chi connectivity index (χ4n) is 3.08. The third-order valence-electron chi connectivity index (χ3n) is 4.45. The summed E-state index contributed by atoms with van der Waals surface area (Å²) < 4.78 is 0.771. The van der Waals surface area contributed by atoms with Gasteiger partial charge in [-0.15, -0.1) is 0 Å². The van der Waals surface area contributed by atoms with Crippen LogP contribution in [-0.4, -0.2) is 11.8 Å². The van der Waals surface area contributed by atoms with Gasteiger partial charge < -0.3 is 0 Å². The Morgan fingerprint density at radius 1 is 1.13 bits per heavy atom. The number of benzene rings is 2. The molecule has 118 valence electrons. The molecule has 1 aliphatic rings. The molecule has 0 saturated carbocycles. The Balaban J connectivity index is 1.91. The van der Waals surface area contributed by atoms with Gasteiger partial charge in [0.05, 0.1) is 11.6 Å². The summed E-state index contributed by atoms with van der Waals surface area (Å²) in [4.78, 5) is 26.6. The summed E-state index contributed by atoms with van der Waals surface area (Å²) in [5.74, 6) is -0.539. The fraction of sp³-hybridized carbons (Fsp3) is 0.263. The summed E-state index contributed by atoms with van der Waals surface area (Å²) in [5, 5.41) is 0. The van der Waals surface area contributed by atoms with E-state index in [0.29, 0.717) is 5.69 Å². The van der Waals surface area contributed by atoms with E-state index in [4.69, 9.17) is 0 Å². The van der Waals surface area contributed by atoms with E-state index in [2.05, 4.69) is 15.9 Å². The van der Waals surface area contributed by atoms with Crippen molar-refractivity contribution in [1.29, 1.82) is 0 Å². The third-order valence-corrected chi connectivity index (χ3v) is 5.09. The lowest BCUT2D eigenvalue weighted by molar-refractivity contribution is -0.122. The number of rotatable bonds is 3. The van der Waals surface area contributed by atoms with Gasteiger partial charge in [0, 0.05) is 10.9 Å². The molecule has 0 N–H and O–H groups in total. The summed E-state index contributed by atoms with van der Waals surface area (Å²) >= 11 is 3.47. The number of imide groups is 1. The molecule has 0 unspecified atom stereocenters. The molecule has 2 atom stereocenters. The highest BCUT2D eigenvalue weighted by atomic mass is 79.9. The van der Waals surface area contributed by atoms with Gasteiger partial charge in [0.1, 0.15) is 0 Å². The first kappa shape index (κ1) is 15.9. The number of nitrogens with zero attached hydrogens (tertiary/aromatic N) is 1. The summed E-state index contributed by atoms with van der Waals surface area (Å²) in [6.07, 6.45) is 0.259. The van der Waals surface area contributed by atoms with Crippen LogP contribution >= 0.6 is 15.9 Å². The first-order valence-corrected chi connectivity index (χ1v) is 8.46. The van der Waals surface area contributed by atoms with Crippen LogP contribution < -0.4 is 4.90 Å². The number of hydrogen-bond acceptors (Lipinski definition) is 2. The van der Waals surface area contributed by atoms with E-state index in [1.54, 1.807) is 0 Å². The molecule has 0 aromatic heterocycles. The molecule has 2 aromatic rings. The lowest BCUT2D eigenvalue weighted by Gasteiger charge is -2.20. The summed E-state index contributed by atoms with van der Waals surface area (Å²) in [6, 6.07) is 15.5. The number of halogens is 1. The van der Waals surface area contributed by atoms with Gasteiger partial charge in [-0.1, -0.05) is 43.3 Å². The number of hydrogen-bond donors (Lipinski definition) is 0. The maximum atomic E-state index is 12.9. The van der Waals surface area contributed by atoms with Gasteiger partial charge in [0.25, 0.3) is 0 Å². The maximum Gasteiger partial charge on any atom is 0.238 e. The zero-order chi connectivity index (χ0) is 16.6. The maximum absolute atomic E-state index is 12.9. The average molecular weight is 372 g/mol. The molecule has 1 heterocycles. The fourth-order valence-corrected chi connectivity index (χ4v) is 3.75. The van der Waals surface area contributed by atoms with Crippen LogP contribution in [0, 0.1) is 12.8 Å². The predicted molar refractivity (Wildman–Crippen MR) is 94.3 cm³/mol. The SMILES string of the molecule is Cc1ccc(N2C(=O)C[C@@H]([C@H](C)c3ccccc3)C2=O)c(Br)c1. The van der Waals surface area contributed by atoms with Crippen molar-refractivity contribution in [1.82, 2.24) is 0 Å². The van der Waals surface area contributed by atoms with Gasteiger partial charge in [-0.05, 0) is 52.0 Å². The Bertz CT molecular complexity index is 757. The number of aryl methyl sites for hydroxylation is 1. The monoisotopic (exact) mass is 371 g/mol. The Kier molecular flexibility index (Phi) is 4.35. The number of anilines is 1. The quantitative estimate of drug-likeness (QED) is 0.747. The molecule has 1 aliphatic heterocycles. The molecule has 2 aromatic carbocycles. The molecule has 1 fully saturated rings. The summed E-state index contributed by atoms with van der Waals surface area (Å²) in [6.45, 7) is 3.99. The highest BCUT2D eigenvalue weighted by Gasteiger charge is 2.43. The van der Waals surface area contributed by atoms with Gasteiger partial charge in [0.2, 0.25) is 11.8 Å². The van der Waals surface area contributed by atoms with Crippen molar-refractivity contribution in [2.45, 2.75) is 26.2 Å². The lowest BCUT2D eigenvalue weighted by Crippen LogP contribution is -2.31. The minimum absolute atomic E-state index is 0.0156. The van der Waals surface area contributed by atoms with Crippen molar-refractivity contribution in [3.63, 3.8) is 0 Å². The van der Waals surface area contributed by atoms with Crippen LogP contribution in [0.5, 0.6) is 0 Å². The zero-order valence-corrected chi connectivity index (χ0v) is 14.7. The molecular weight excluding hydrogens is 354 g/mol. The number of amides is 2. The number of carbonyl (C=O) groups is 2. The van der Waals surface area contributed by atoms with E-state index in [1.165, 1.54) is 4.90 Å². The van der Waals surface area contributed by atoms with Crippen molar-refractivity contribution in [3.8, 4) is 0 Å². The van der Waals surface area contributed by atoms with E-state index in [0.717, 1.165) is 15.6 Å². The first-order chi connectivity index (χ1) is 11.0. The van der Waals surface area contributed by atoms with Crippen molar-refractivity contribution in [3.05, 3.63) is 64.1 Å². The summed E-state index contributed by atoms with van der Waals surface area (Å²) in [5.41, 5.74) is 2.80. The van der Waals surface area contributed by atoms with Gasteiger partial charge in [-0.2, -0.15) is 0 Å². The molecule has 3 nitrogen and oxygen atoms in total. The van der Waals surface area contributed by atoms with Crippen LogP contribution in [0.2, 0.25) is 0 Å². The molecule has 0 aliphatic carbocycles. The highest BCUT2D eigenvalue weighted by Crippen LogP contribution is 2.38. The van der Waals surface area contributed by atoms with Crippen molar-refractivity contribution in [2.75, 3.05) is 4.90 Å². The molecule has 23 heavy (non-hydrogen) atoms. The predicted octanol–water partition coefficient (Wildman–Crippen LogP) is 4.44. The van der Waals surface area contributed by atoms with Gasteiger partial charge in [-0.25, -0.2) is 4.90 Å². The second kappa shape index (κ2) is 6.28. The average Bonchev–Trinajstić information content (AvgIpc) is 2.83. The first-order valence-electron chi connectivity index (χ1n) is 7.67. The molecule has 0 spiro atoms. The minimum Gasteiger partial charge on any atom is -0.274 e. The normalized spacial score (nSPS) is 19.3. The van der Waals surface area contributed by atoms with Crippen LogP contribution in [-0.2, 0) is 9.59 Å². The molecule has 0 bridgehead atoms. The smallest absolute Gasteiger partial charge is 0.238 e. The topological polar surface area (TPSA) is 37.4 Å². The van der Waals surface area contributed by atoms with E-state index in [-0.39, 0.29) is 30.1 Å². The van der Waals surface area contributed by atoms with Crippen molar-refractivity contribution in [2.24, 2.45) is 5.92 Å². The summed E-state index contributed by atoms with van der Waals surface area (Å²) in [7, 11) is 0. The van der Waals surface area contributed by atoms with E-state index < -0.39 is 0 Å². The Hall–Kier alpha value is -1.94. The van der Waals surface area contributed by atoms with Gasteiger partial charge in [-0.3, -0.25) is 9.59 Å². The van der Waals surface area contributed by atoms with Crippen LogP contribution in [0.15, 0.2) is 53.0 Å².